The van der Waals surface area contributed by atoms with Crippen molar-refractivity contribution in [3.05, 3.63) is 59.9 Å². The van der Waals surface area contributed by atoms with E-state index < -0.39 is 0 Å². The van der Waals surface area contributed by atoms with Gasteiger partial charge in [-0.3, -0.25) is 4.98 Å². The van der Waals surface area contributed by atoms with Crippen LogP contribution in [-0.2, 0) is 5.41 Å². The first kappa shape index (κ1) is 9.40. The Kier molecular flexibility index (Phi) is 1.96. The molecule has 0 saturated carbocycles. The zero-order valence-electron chi connectivity index (χ0n) is 9.27. The molecule has 0 bridgehead atoms. The quantitative estimate of drug-likeness (QED) is 0.783. The number of para-hydroxylation sites is 1. The second-order valence-electron chi connectivity index (χ2n) is 4.47. The van der Waals surface area contributed by atoms with E-state index in [4.69, 9.17) is 0 Å². The van der Waals surface area contributed by atoms with Gasteiger partial charge in [0.2, 0.25) is 0 Å². The fourth-order valence-electron chi connectivity index (χ4n) is 2.46. The van der Waals surface area contributed by atoms with Crippen molar-refractivity contribution in [2.24, 2.45) is 0 Å². The summed E-state index contributed by atoms with van der Waals surface area (Å²) in [5, 5.41) is 3.47. The first-order valence-electron chi connectivity index (χ1n) is 5.54. The van der Waals surface area contributed by atoms with Crippen molar-refractivity contribution in [2.75, 3.05) is 11.9 Å². The number of fused-ring (bicyclic) bond motifs is 1. The zero-order chi connectivity index (χ0) is 11.0. The minimum atomic E-state index is 0.0690. The molecule has 2 heterocycles. The number of pyridine rings is 1. The third-order valence-electron chi connectivity index (χ3n) is 3.47. The molecule has 80 valence electrons. The topological polar surface area (TPSA) is 24.9 Å². The lowest BCUT2D eigenvalue weighted by Crippen LogP contribution is -2.25. The van der Waals surface area contributed by atoms with Gasteiger partial charge in [-0.05, 0) is 36.2 Å². The number of nitrogens with zero attached hydrogens (tertiary/aromatic N) is 1. The van der Waals surface area contributed by atoms with Gasteiger partial charge in [0.1, 0.15) is 0 Å². The Bertz CT molecular complexity index is 507. The Balaban J connectivity index is 2.15. The fourth-order valence-corrected chi connectivity index (χ4v) is 2.46. The monoisotopic (exact) mass is 210 g/mol. The van der Waals surface area contributed by atoms with E-state index in [0.717, 1.165) is 6.54 Å². The van der Waals surface area contributed by atoms with E-state index in [9.17, 15) is 0 Å². The molecule has 0 amide bonds. The molecule has 2 nitrogen and oxygen atoms in total. The van der Waals surface area contributed by atoms with Gasteiger partial charge >= 0.3 is 0 Å². The van der Waals surface area contributed by atoms with E-state index in [-0.39, 0.29) is 5.41 Å². The Morgan fingerprint density at radius 3 is 2.69 bits per heavy atom. The lowest BCUT2D eigenvalue weighted by atomic mass is 9.78. The van der Waals surface area contributed by atoms with Crippen molar-refractivity contribution in [1.82, 2.24) is 4.98 Å². The zero-order valence-corrected chi connectivity index (χ0v) is 9.27. The van der Waals surface area contributed by atoms with Crippen molar-refractivity contribution in [1.29, 1.82) is 0 Å². The van der Waals surface area contributed by atoms with Gasteiger partial charge in [-0.1, -0.05) is 18.2 Å². The Hall–Kier alpha value is -1.83. The van der Waals surface area contributed by atoms with Gasteiger partial charge in [-0.15, -0.1) is 0 Å². The van der Waals surface area contributed by atoms with E-state index in [1.54, 1.807) is 0 Å². The number of hydrogen-bond donors (Lipinski definition) is 1. The molecule has 1 aliphatic heterocycles. The molecule has 1 aromatic heterocycles. The van der Waals surface area contributed by atoms with Crippen LogP contribution in [0.2, 0.25) is 0 Å². The standard InChI is InChI=1S/C14H14N2/c1-14(11-6-8-15-9-7-11)10-16-13-5-3-2-4-12(13)14/h2-9,16H,10H2,1H3. The van der Waals surface area contributed by atoms with Crippen LogP contribution in [0.5, 0.6) is 0 Å². The van der Waals surface area contributed by atoms with E-state index in [0.29, 0.717) is 0 Å². The third-order valence-corrected chi connectivity index (χ3v) is 3.47. The largest absolute Gasteiger partial charge is 0.384 e. The highest BCUT2D eigenvalue weighted by Crippen LogP contribution is 2.40. The minimum Gasteiger partial charge on any atom is -0.384 e. The first-order valence-corrected chi connectivity index (χ1v) is 5.54. The van der Waals surface area contributed by atoms with Crippen LogP contribution in [0.1, 0.15) is 18.1 Å². The summed E-state index contributed by atoms with van der Waals surface area (Å²) >= 11 is 0. The molecule has 2 aromatic rings. The molecule has 1 unspecified atom stereocenters. The molecule has 0 aliphatic carbocycles. The number of rotatable bonds is 1. The van der Waals surface area contributed by atoms with Crippen molar-refractivity contribution in [3.8, 4) is 0 Å². The predicted molar refractivity (Wildman–Crippen MR) is 65.6 cm³/mol. The van der Waals surface area contributed by atoms with Crippen molar-refractivity contribution in [2.45, 2.75) is 12.3 Å². The first-order chi connectivity index (χ1) is 7.81. The molecular weight excluding hydrogens is 196 g/mol. The van der Waals surface area contributed by atoms with Crippen LogP contribution in [0.15, 0.2) is 48.8 Å². The second-order valence-corrected chi connectivity index (χ2v) is 4.47. The average Bonchev–Trinajstić information content (AvgIpc) is 2.71. The summed E-state index contributed by atoms with van der Waals surface area (Å²) in [5.41, 5.74) is 4.02. The highest BCUT2D eigenvalue weighted by Gasteiger charge is 2.35. The number of benzene rings is 1. The Morgan fingerprint density at radius 2 is 1.88 bits per heavy atom. The Morgan fingerprint density at radius 1 is 1.12 bits per heavy atom. The van der Waals surface area contributed by atoms with Gasteiger partial charge in [0.05, 0.1) is 0 Å². The van der Waals surface area contributed by atoms with Crippen LogP contribution in [0.4, 0.5) is 5.69 Å². The number of anilines is 1. The molecule has 1 N–H and O–H groups in total. The highest BCUT2D eigenvalue weighted by molar-refractivity contribution is 5.63. The van der Waals surface area contributed by atoms with Gasteiger partial charge in [0.15, 0.2) is 0 Å². The average molecular weight is 210 g/mol. The second kappa shape index (κ2) is 3.34. The number of nitrogens with one attached hydrogen (secondary N) is 1. The van der Waals surface area contributed by atoms with Crippen molar-refractivity contribution < 1.29 is 0 Å². The van der Waals surface area contributed by atoms with E-state index in [1.807, 2.05) is 12.4 Å². The summed E-state index contributed by atoms with van der Waals surface area (Å²) in [6, 6.07) is 12.7. The molecule has 1 atom stereocenters. The van der Waals surface area contributed by atoms with Crippen LogP contribution in [0.25, 0.3) is 0 Å². The van der Waals surface area contributed by atoms with Crippen molar-refractivity contribution in [3.63, 3.8) is 0 Å². The maximum absolute atomic E-state index is 4.08. The third kappa shape index (κ3) is 1.23. The summed E-state index contributed by atoms with van der Waals surface area (Å²) in [4.78, 5) is 4.08. The molecule has 1 aliphatic rings. The SMILES string of the molecule is CC1(c2ccncc2)CNc2ccccc21. The maximum Gasteiger partial charge on any atom is 0.0382 e. The minimum absolute atomic E-state index is 0.0690. The summed E-state index contributed by atoms with van der Waals surface area (Å²) in [7, 11) is 0. The lowest BCUT2D eigenvalue weighted by molar-refractivity contribution is 0.634. The summed E-state index contributed by atoms with van der Waals surface area (Å²) < 4.78 is 0. The molecule has 2 heteroatoms. The Labute approximate surface area is 95.3 Å². The highest BCUT2D eigenvalue weighted by atomic mass is 14.9. The molecule has 16 heavy (non-hydrogen) atoms. The maximum atomic E-state index is 4.08. The smallest absolute Gasteiger partial charge is 0.0382 e. The van der Waals surface area contributed by atoms with E-state index in [1.165, 1.54) is 16.8 Å². The van der Waals surface area contributed by atoms with Crippen LogP contribution in [0.3, 0.4) is 0 Å². The number of aromatic nitrogens is 1. The summed E-state index contributed by atoms with van der Waals surface area (Å²) in [6.07, 6.45) is 3.73. The van der Waals surface area contributed by atoms with E-state index >= 15 is 0 Å². The summed E-state index contributed by atoms with van der Waals surface area (Å²) in [5.74, 6) is 0. The molecule has 0 radical (unpaired) electrons. The summed E-state index contributed by atoms with van der Waals surface area (Å²) in [6.45, 7) is 3.23. The molecule has 0 fully saturated rings. The molecule has 1 aromatic carbocycles. The van der Waals surface area contributed by atoms with E-state index in [2.05, 4.69) is 53.6 Å². The number of hydrogen-bond acceptors (Lipinski definition) is 2. The molecular formula is C14H14N2. The van der Waals surface area contributed by atoms with Crippen LogP contribution < -0.4 is 5.32 Å². The van der Waals surface area contributed by atoms with Crippen LogP contribution >= 0.6 is 0 Å². The van der Waals surface area contributed by atoms with Crippen LogP contribution in [0, 0.1) is 0 Å². The van der Waals surface area contributed by atoms with Gasteiger partial charge < -0.3 is 5.32 Å². The van der Waals surface area contributed by atoms with Gasteiger partial charge in [0.25, 0.3) is 0 Å². The molecule has 0 spiro atoms. The van der Waals surface area contributed by atoms with Gasteiger partial charge in [-0.25, -0.2) is 0 Å². The lowest BCUT2D eigenvalue weighted by Gasteiger charge is -2.24. The normalized spacial score (nSPS) is 22.6. The fraction of sp³-hybridized carbons (Fsp3) is 0.214. The van der Waals surface area contributed by atoms with Gasteiger partial charge in [0, 0.05) is 30.0 Å². The van der Waals surface area contributed by atoms with Crippen molar-refractivity contribution >= 4 is 5.69 Å². The van der Waals surface area contributed by atoms with Gasteiger partial charge in [-0.2, -0.15) is 0 Å². The predicted octanol–water partition coefficient (Wildman–Crippen LogP) is 2.81. The van der Waals surface area contributed by atoms with Crippen LogP contribution in [-0.4, -0.2) is 11.5 Å². The molecule has 3 rings (SSSR count). The molecule has 0 saturated heterocycles.